The van der Waals surface area contributed by atoms with E-state index in [4.69, 9.17) is 4.42 Å². The van der Waals surface area contributed by atoms with E-state index < -0.39 is 0 Å². The number of aromatic nitrogens is 3. The summed E-state index contributed by atoms with van der Waals surface area (Å²) in [5, 5.41) is 0. The van der Waals surface area contributed by atoms with E-state index in [1.165, 1.54) is 5.56 Å². The molecule has 0 saturated heterocycles. The van der Waals surface area contributed by atoms with Crippen molar-refractivity contribution in [2.24, 2.45) is 0 Å². The standard InChI is InChI=1S/C14H12N4O/c1-2-4-13-11(3-1)17-14(19-13)18-6-5-10-7-15-9-16-12(10)8-18/h1-4,7,9H,5-6,8H2. The van der Waals surface area contributed by atoms with Crippen LogP contribution in [0.1, 0.15) is 11.3 Å². The van der Waals surface area contributed by atoms with E-state index in [9.17, 15) is 0 Å². The van der Waals surface area contributed by atoms with Crippen molar-refractivity contribution in [3.05, 3.63) is 48.0 Å². The van der Waals surface area contributed by atoms with Crippen LogP contribution >= 0.6 is 0 Å². The summed E-state index contributed by atoms with van der Waals surface area (Å²) in [6.07, 6.45) is 4.41. The number of benzene rings is 1. The predicted molar refractivity (Wildman–Crippen MR) is 70.8 cm³/mol. The van der Waals surface area contributed by atoms with E-state index in [1.807, 2.05) is 30.5 Å². The first-order chi connectivity index (χ1) is 9.40. The monoisotopic (exact) mass is 252 g/mol. The number of para-hydroxylation sites is 2. The van der Waals surface area contributed by atoms with Crippen LogP contribution in [-0.4, -0.2) is 21.5 Å². The molecular weight excluding hydrogens is 240 g/mol. The molecule has 19 heavy (non-hydrogen) atoms. The lowest BCUT2D eigenvalue weighted by Crippen LogP contribution is -2.31. The number of hydrogen-bond donors (Lipinski definition) is 0. The summed E-state index contributed by atoms with van der Waals surface area (Å²) in [4.78, 5) is 15.0. The third kappa shape index (κ3) is 1.74. The van der Waals surface area contributed by atoms with Gasteiger partial charge in [-0.3, -0.25) is 0 Å². The summed E-state index contributed by atoms with van der Waals surface area (Å²) >= 11 is 0. The molecule has 3 aromatic rings. The van der Waals surface area contributed by atoms with Crippen LogP contribution in [0.15, 0.2) is 41.2 Å². The van der Waals surface area contributed by atoms with Crippen LogP contribution in [0, 0.1) is 0 Å². The normalized spacial score (nSPS) is 14.6. The van der Waals surface area contributed by atoms with E-state index >= 15 is 0 Å². The molecule has 0 unspecified atom stereocenters. The average Bonchev–Trinajstić information content (AvgIpc) is 2.90. The zero-order chi connectivity index (χ0) is 12.7. The molecular formula is C14H12N4O. The number of hydrogen-bond acceptors (Lipinski definition) is 5. The van der Waals surface area contributed by atoms with Crippen molar-refractivity contribution in [1.82, 2.24) is 15.0 Å². The summed E-state index contributed by atoms with van der Waals surface area (Å²) in [7, 11) is 0. The molecule has 0 fully saturated rings. The van der Waals surface area contributed by atoms with Crippen LogP contribution in [0.25, 0.3) is 11.1 Å². The fourth-order valence-corrected chi connectivity index (χ4v) is 2.41. The van der Waals surface area contributed by atoms with E-state index in [-0.39, 0.29) is 0 Å². The van der Waals surface area contributed by atoms with Gasteiger partial charge < -0.3 is 9.32 Å². The summed E-state index contributed by atoms with van der Waals surface area (Å²) < 4.78 is 5.79. The Morgan fingerprint density at radius 1 is 1.21 bits per heavy atom. The number of nitrogens with zero attached hydrogens (tertiary/aromatic N) is 4. The Balaban J connectivity index is 1.70. The second-order valence-corrected chi connectivity index (χ2v) is 4.63. The van der Waals surface area contributed by atoms with Crippen LogP contribution in [0.3, 0.4) is 0 Å². The first kappa shape index (κ1) is 10.5. The Morgan fingerprint density at radius 2 is 2.16 bits per heavy atom. The smallest absolute Gasteiger partial charge is 0.298 e. The lowest BCUT2D eigenvalue weighted by molar-refractivity contribution is 0.550. The second kappa shape index (κ2) is 4.05. The van der Waals surface area contributed by atoms with Gasteiger partial charge in [0.15, 0.2) is 5.58 Å². The zero-order valence-electron chi connectivity index (χ0n) is 10.3. The third-order valence-electron chi connectivity index (χ3n) is 3.43. The van der Waals surface area contributed by atoms with Gasteiger partial charge in [0, 0.05) is 12.7 Å². The van der Waals surface area contributed by atoms with E-state index in [0.29, 0.717) is 6.01 Å². The first-order valence-corrected chi connectivity index (χ1v) is 6.28. The van der Waals surface area contributed by atoms with Gasteiger partial charge in [-0.15, -0.1) is 0 Å². The molecule has 0 aliphatic carbocycles. The maximum Gasteiger partial charge on any atom is 0.298 e. The summed E-state index contributed by atoms with van der Waals surface area (Å²) in [6.45, 7) is 1.61. The van der Waals surface area contributed by atoms with Crippen molar-refractivity contribution in [2.75, 3.05) is 11.4 Å². The highest BCUT2D eigenvalue weighted by Crippen LogP contribution is 2.25. The van der Waals surface area contributed by atoms with Crippen LogP contribution in [-0.2, 0) is 13.0 Å². The second-order valence-electron chi connectivity index (χ2n) is 4.63. The van der Waals surface area contributed by atoms with E-state index in [0.717, 1.165) is 36.3 Å². The quantitative estimate of drug-likeness (QED) is 0.664. The largest absolute Gasteiger partial charge is 0.423 e. The van der Waals surface area contributed by atoms with Gasteiger partial charge in [-0.1, -0.05) is 12.1 Å². The summed E-state index contributed by atoms with van der Waals surface area (Å²) in [5.41, 5.74) is 4.00. The van der Waals surface area contributed by atoms with Gasteiger partial charge >= 0.3 is 0 Å². The Labute approximate surface area is 109 Å². The minimum Gasteiger partial charge on any atom is -0.423 e. The van der Waals surface area contributed by atoms with Gasteiger partial charge in [0.1, 0.15) is 11.8 Å². The molecule has 5 heteroatoms. The zero-order valence-corrected chi connectivity index (χ0v) is 10.3. The highest BCUT2D eigenvalue weighted by molar-refractivity contribution is 5.74. The minimum atomic E-state index is 0.672. The third-order valence-corrected chi connectivity index (χ3v) is 3.43. The van der Waals surface area contributed by atoms with Crippen LogP contribution in [0.4, 0.5) is 6.01 Å². The molecule has 3 heterocycles. The molecule has 0 spiro atoms. The van der Waals surface area contributed by atoms with Gasteiger partial charge in [-0.05, 0) is 24.1 Å². The highest BCUT2D eigenvalue weighted by Gasteiger charge is 2.21. The Morgan fingerprint density at radius 3 is 3.11 bits per heavy atom. The molecule has 0 amide bonds. The number of oxazole rings is 1. The number of rotatable bonds is 1. The number of fused-ring (bicyclic) bond motifs is 2. The van der Waals surface area contributed by atoms with Gasteiger partial charge in [0.05, 0.1) is 12.2 Å². The molecule has 1 aromatic carbocycles. The molecule has 5 nitrogen and oxygen atoms in total. The van der Waals surface area contributed by atoms with Crippen molar-refractivity contribution in [3.63, 3.8) is 0 Å². The van der Waals surface area contributed by atoms with Crippen molar-refractivity contribution in [3.8, 4) is 0 Å². The van der Waals surface area contributed by atoms with Crippen molar-refractivity contribution in [1.29, 1.82) is 0 Å². The lowest BCUT2D eigenvalue weighted by atomic mass is 10.1. The fraction of sp³-hybridized carbons (Fsp3) is 0.214. The van der Waals surface area contributed by atoms with E-state index in [1.54, 1.807) is 6.33 Å². The Kier molecular flexibility index (Phi) is 2.24. The summed E-state index contributed by atoms with van der Waals surface area (Å²) in [6, 6.07) is 8.49. The molecule has 1 aliphatic heterocycles. The molecule has 94 valence electrons. The SMILES string of the molecule is c1ccc2oc(N3CCc4cncnc4C3)nc2c1. The van der Waals surface area contributed by atoms with Crippen LogP contribution in [0.2, 0.25) is 0 Å². The maximum atomic E-state index is 5.79. The molecule has 0 radical (unpaired) electrons. The van der Waals surface area contributed by atoms with Crippen LogP contribution < -0.4 is 4.90 Å². The topological polar surface area (TPSA) is 55.1 Å². The van der Waals surface area contributed by atoms with E-state index in [2.05, 4.69) is 19.9 Å². The van der Waals surface area contributed by atoms with Crippen molar-refractivity contribution < 1.29 is 4.42 Å². The van der Waals surface area contributed by atoms with Gasteiger partial charge in [-0.25, -0.2) is 9.97 Å². The van der Waals surface area contributed by atoms with Gasteiger partial charge in [0.25, 0.3) is 6.01 Å². The van der Waals surface area contributed by atoms with Crippen molar-refractivity contribution in [2.45, 2.75) is 13.0 Å². The first-order valence-electron chi connectivity index (χ1n) is 6.28. The molecule has 0 atom stereocenters. The number of anilines is 1. The fourth-order valence-electron chi connectivity index (χ4n) is 2.41. The highest BCUT2D eigenvalue weighted by atomic mass is 16.4. The Bertz CT molecular complexity index is 704. The molecule has 2 aromatic heterocycles. The minimum absolute atomic E-state index is 0.672. The molecule has 0 saturated carbocycles. The maximum absolute atomic E-state index is 5.79. The molecule has 0 N–H and O–H groups in total. The lowest BCUT2D eigenvalue weighted by Gasteiger charge is -2.25. The van der Waals surface area contributed by atoms with Crippen molar-refractivity contribution >= 4 is 17.1 Å². The average molecular weight is 252 g/mol. The Hall–Kier alpha value is -2.43. The van der Waals surface area contributed by atoms with Gasteiger partial charge in [-0.2, -0.15) is 4.98 Å². The predicted octanol–water partition coefficient (Wildman–Crippen LogP) is 2.18. The molecule has 4 rings (SSSR count). The molecule has 0 bridgehead atoms. The van der Waals surface area contributed by atoms with Crippen LogP contribution in [0.5, 0.6) is 0 Å². The molecule has 1 aliphatic rings. The summed E-state index contributed by atoms with van der Waals surface area (Å²) in [5.74, 6) is 0. The van der Waals surface area contributed by atoms with Gasteiger partial charge in [0.2, 0.25) is 0 Å².